The van der Waals surface area contributed by atoms with Gasteiger partial charge in [-0.3, -0.25) is 4.79 Å². The van der Waals surface area contributed by atoms with Crippen LogP contribution in [0, 0.1) is 12.7 Å². The molecule has 0 saturated carbocycles. The molecule has 82 valence electrons. The van der Waals surface area contributed by atoms with Crippen LogP contribution in [0.25, 0.3) is 0 Å². The number of halogens is 2. The lowest BCUT2D eigenvalue weighted by molar-refractivity contribution is -0.138. The van der Waals surface area contributed by atoms with Crippen molar-refractivity contribution in [3.63, 3.8) is 0 Å². The summed E-state index contributed by atoms with van der Waals surface area (Å²) < 4.78 is 13.5. The molecule has 1 aromatic carbocycles. The summed E-state index contributed by atoms with van der Waals surface area (Å²) in [6.45, 7) is 1.64. The van der Waals surface area contributed by atoms with E-state index in [9.17, 15) is 9.18 Å². The minimum Gasteiger partial charge on any atom is -0.481 e. The Kier molecular flexibility index (Phi) is 3.82. The molecule has 0 spiro atoms. The fraction of sp³-hybridized carbons (Fsp3) is 0.300. The predicted molar refractivity (Wildman–Crippen MR) is 58.3 cm³/mol. The molecule has 1 unspecified atom stereocenters. The maximum Gasteiger partial charge on any atom is 0.312 e. The zero-order chi connectivity index (χ0) is 11.6. The molecule has 1 rings (SSSR count). The third kappa shape index (κ3) is 2.54. The Morgan fingerprint density at radius 3 is 2.73 bits per heavy atom. The van der Waals surface area contributed by atoms with Gasteiger partial charge in [-0.2, -0.15) is 0 Å². The van der Waals surface area contributed by atoms with Crippen LogP contribution in [0.3, 0.4) is 0 Å². The summed E-state index contributed by atoms with van der Waals surface area (Å²) >= 11 is 3.03. The summed E-state index contributed by atoms with van der Waals surface area (Å²) in [6.07, 6.45) is 0. The Bertz CT molecular complexity index is 395. The van der Waals surface area contributed by atoms with E-state index in [1.54, 1.807) is 13.0 Å². The minimum absolute atomic E-state index is 0.0587. The summed E-state index contributed by atoms with van der Waals surface area (Å²) in [6, 6.07) is 2.96. The Morgan fingerprint density at radius 1 is 1.67 bits per heavy atom. The van der Waals surface area contributed by atoms with Gasteiger partial charge in [-0.25, -0.2) is 4.39 Å². The zero-order valence-electron chi connectivity index (χ0n) is 8.13. The summed E-state index contributed by atoms with van der Waals surface area (Å²) in [5.74, 6) is -2.40. The number of nitrogens with two attached hydrogens (primary N) is 1. The first-order chi connectivity index (χ1) is 6.97. The van der Waals surface area contributed by atoms with Crippen molar-refractivity contribution < 1.29 is 14.3 Å². The molecule has 3 N–H and O–H groups in total. The molecule has 0 aliphatic rings. The Hall–Kier alpha value is -0.940. The number of carbonyl (C=O) groups is 1. The maximum absolute atomic E-state index is 13.3. The lowest BCUT2D eigenvalue weighted by Crippen LogP contribution is -2.21. The van der Waals surface area contributed by atoms with Crippen LogP contribution in [0.5, 0.6) is 0 Å². The number of benzene rings is 1. The molecule has 3 nitrogen and oxygen atoms in total. The summed E-state index contributed by atoms with van der Waals surface area (Å²) in [7, 11) is 0. The van der Waals surface area contributed by atoms with Crippen molar-refractivity contribution >= 4 is 21.9 Å². The largest absolute Gasteiger partial charge is 0.481 e. The normalized spacial score (nSPS) is 12.5. The highest BCUT2D eigenvalue weighted by atomic mass is 79.9. The first-order valence-corrected chi connectivity index (χ1v) is 5.15. The van der Waals surface area contributed by atoms with Gasteiger partial charge in [0.05, 0.1) is 10.4 Å². The molecular weight excluding hydrogens is 265 g/mol. The molecule has 0 fully saturated rings. The van der Waals surface area contributed by atoms with Gasteiger partial charge in [0.1, 0.15) is 5.82 Å². The summed E-state index contributed by atoms with van der Waals surface area (Å²) in [5, 5.41) is 8.91. The van der Waals surface area contributed by atoms with E-state index in [0.717, 1.165) is 0 Å². The third-order valence-corrected chi connectivity index (χ3v) is 2.95. The van der Waals surface area contributed by atoms with Gasteiger partial charge < -0.3 is 10.8 Å². The lowest BCUT2D eigenvalue weighted by atomic mass is 9.97. The Labute approximate surface area is 95.2 Å². The van der Waals surface area contributed by atoms with Crippen molar-refractivity contribution in [2.45, 2.75) is 12.8 Å². The van der Waals surface area contributed by atoms with Crippen LogP contribution < -0.4 is 5.73 Å². The van der Waals surface area contributed by atoms with Gasteiger partial charge >= 0.3 is 5.97 Å². The van der Waals surface area contributed by atoms with Crippen molar-refractivity contribution in [2.75, 3.05) is 6.54 Å². The van der Waals surface area contributed by atoms with Gasteiger partial charge in [0.2, 0.25) is 0 Å². The molecule has 0 aromatic heterocycles. The highest BCUT2D eigenvalue weighted by molar-refractivity contribution is 9.10. The molecule has 5 heteroatoms. The van der Waals surface area contributed by atoms with Crippen LogP contribution in [0.4, 0.5) is 4.39 Å². The van der Waals surface area contributed by atoms with Gasteiger partial charge in [0.15, 0.2) is 0 Å². The molecule has 0 heterocycles. The maximum atomic E-state index is 13.3. The van der Waals surface area contributed by atoms with Crippen LogP contribution >= 0.6 is 15.9 Å². The first kappa shape index (κ1) is 12.1. The molecule has 0 radical (unpaired) electrons. The van der Waals surface area contributed by atoms with Crippen LogP contribution in [-0.4, -0.2) is 17.6 Å². The number of rotatable bonds is 3. The van der Waals surface area contributed by atoms with Crippen molar-refractivity contribution in [3.8, 4) is 0 Å². The van der Waals surface area contributed by atoms with Crippen LogP contribution in [0.2, 0.25) is 0 Å². The number of hydrogen-bond donors (Lipinski definition) is 2. The number of hydrogen-bond acceptors (Lipinski definition) is 2. The van der Waals surface area contributed by atoms with Crippen molar-refractivity contribution in [1.29, 1.82) is 0 Å². The van der Waals surface area contributed by atoms with Crippen LogP contribution in [0.1, 0.15) is 17.0 Å². The number of carboxylic acid groups (broad SMARTS) is 1. The third-order valence-electron chi connectivity index (χ3n) is 2.11. The second-order valence-corrected chi connectivity index (χ2v) is 4.07. The molecule has 1 atom stereocenters. The van der Waals surface area contributed by atoms with E-state index >= 15 is 0 Å². The molecule has 0 amide bonds. The molecule has 0 saturated heterocycles. The molecule has 0 aliphatic carbocycles. The van der Waals surface area contributed by atoms with E-state index in [4.69, 9.17) is 10.8 Å². The molecular formula is C10H11BrFNO2. The quantitative estimate of drug-likeness (QED) is 0.887. The van der Waals surface area contributed by atoms with Crippen molar-refractivity contribution in [1.82, 2.24) is 0 Å². The van der Waals surface area contributed by atoms with E-state index < -0.39 is 17.7 Å². The van der Waals surface area contributed by atoms with Gasteiger partial charge in [0.25, 0.3) is 0 Å². The average Bonchev–Trinajstić information content (AvgIpc) is 2.13. The predicted octanol–water partition coefficient (Wildman–Crippen LogP) is 2.02. The van der Waals surface area contributed by atoms with Crippen molar-refractivity contribution in [2.24, 2.45) is 5.73 Å². The van der Waals surface area contributed by atoms with Crippen LogP contribution in [-0.2, 0) is 4.79 Å². The fourth-order valence-corrected chi connectivity index (χ4v) is 1.87. The fourth-order valence-electron chi connectivity index (χ4n) is 1.37. The van der Waals surface area contributed by atoms with Gasteiger partial charge in [-0.15, -0.1) is 0 Å². The minimum atomic E-state index is -1.05. The Balaban J connectivity index is 3.28. The van der Waals surface area contributed by atoms with E-state index in [1.165, 1.54) is 6.07 Å². The number of aliphatic carboxylic acids is 1. The van der Waals surface area contributed by atoms with E-state index in [1.807, 2.05) is 0 Å². The van der Waals surface area contributed by atoms with Crippen LogP contribution in [0.15, 0.2) is 16.6 Å². The molecule has 15 heavy (non-hydrogen) atoms. The standard InChI is InChI=1S/C10H11BrFNO2/c1-5-2-6(7(4-13)10(14)15)9(11)8(12)3-5/h2-3,7H,4,13H2,1H3,(H,14,15). The monoisotopic (exact) mass is 275 g/mol. The molecule has 0 bridgehead atoms. The van der Waals surface area contributed by atoms with E-state index in [-0.39, 0.29) is 11.0 Å². The van der Waals surface area contributed by atoms with Crippen molar-refractivity contribution in [3.05, 3.63) is 33.5 Å². The summed E-state index contributed by atoms with van der Waals surface area (Å²) in [4.78, 5) is 10.9. The SMILES string of the molecule is Cc1cc(F)c(Br)c(C(CN)C(=O)O)c1. The van der Waals surface area contributed by atoms with E-state index in [0.29, 0.717) is 11.1 Å². The molecule has 0 aliphatic heterocycles. The molecule has 1 aromatic rings. The average molecular weight is 276 g/mol. The lowest BCUT2D eigenvalue weighted by Gasteiger charge is -2.13. The van der Waals surface area contributed by atoms with Gasteiger partial charge in [-0.05, 0) is 40.0 Å². The number of carboxylic acids is 1. The number of aryl methyl sites for hydroxylation is 1. The second kappa shape index (κ2) is 4.72. The first-order valence-electron chi connectivity index (χ1n) is 4.35. The van der Waals surface area contributed by atoms with Gasteiger partial charge in [-0.1, -0.05) is 6.07 Å². The Morgan fingerprint density at radius 2 is 2.27 bits per heavy atom. The second-order valence-electron chi connectivity index (χ2n) is 3.28. The van der Waals surface area contributed by atoms with E-state index in [2.05, 4.69) is 15.9 Å². The smallest absolute Gasteiger partial charge is 0.312 e. The zero-order valence-corrected chi connectivity index (χ0v) is 9.71. The van der Waals surface area contributed by atoms with Gasteiger partial charge in [0, 0.05) is 6.54 Å². The highest BCUT2D eigenvalue weighted by Crippen LogP contribution is 2.28. The topological polar surface area (TPSA) is 63.3 Å². The highest BCUT2D eigenvalue weighted by Gasteiger charge is 2.22. The summed E-state index contributed by atoms with van der Waals surface area (Å²) in [5.41, 5.74) is 6.40.